The van der Waals surface area contributed by atoms with Crippen LogP contribution in [0.15, 0.2) is 52.9 Å². The predicted molar refractivity (Wildman–Crippen MR) is 114 cm³/mol. The number of nitrogens with zero attached hydrogens (tertiary/aromatic N) is 2. The molecule has 0 aliphatic rings. The predicted octanol–water partition coefficient (Wildman–Crippen LogP) is 4.08. The van der Waals surface area contributed by atoms with Gasteiger partial charge in [0, 0.05) is 10.9 Å². The first-order valence-corrected chi connectivity index (χ1v) is 9.83. The minimum absolute atomic E-state index is 0.120. The van der Waals surface area contributed by atoms with Gasteiger partial charge in [-0.1, -0.05) is 18.2 Å². The van der Waals surface area contributed by atoms with E-state index < -0.39 is 0 Å². The molecule has 0 unspecified atom stereocenters. The van der Waals surface area contributed by atoms with Crippen molar-refractivity contribution in [1.82, 2.24) is 4.98 Å². The van der Waals surface area contributed by atoms with E-state index in [4.69, 9.17) is 9.47 Å². The lowest BCUT2D eigenvalue weighted by Gasteiger charge is -2.06. The summed E-state index contributed by atoms with van der Waals surface area (Å²) in [6, 6.07) is 13.0. The topological polar surface area (TPSA) is 93.0 Å². The van der Waals surface area contributed by atoms with Crippen LogP contribution < -0.4 is 10.2 Å². The van der Waals surface area contributed by atoms with Crippen molar-refractivity contribution < 1.29 is 19.4 Å². The van der Waals surface area contributed by atoms with Gasteiger partial charge in [-0.25, -0.2) is 4.98 Å². The number of thiazole rings is 1. The van der Waals surface area contributed by atoms with E-state index in [-0.39, 0.29) is 18.1 Å². The van der Waals surface area contributed by atoms with Crippen molar-refractivity contribution in [2.24, 2.45) is 5.10 Å². The maximum absolute atomic E-state index is 11.5. The number of phenols is 1. The molecule has 29 heavy (non-hydrogen) atoms. The number of ether oxygens (including phenoxy) is 2. The maximum atomic E-state index is 11.5. The highest BCUT2D eigenvalue weighted by Gasteiger charge is 2.08. The largest absolute Gasteiger partial charge is 0.507 e. The fourth-order valence-electron chi connectivity index (χ4n) is 2.58. The fourth-order valence-corrected chi connectivity index (χ4v) is 3.24. The minimum Gasteiger partial charge on any atom is -0.507 e. The first-order chi connectivity index (χ1) is 14.1. The summed E-state index contributed by atoms with van der Waals surface area (Å²) in [5, 5.41) is 16.6. The molecule has 7 nitrogen and oxygen atoms in total. The van der Waals surface area contributed by atoms with Crippen molar-refractivity contribution in [3.8, 4) is 22.6 Å². The molecule has 0 atom stereocenters. The van der Waals surface area contributed by atoms with Crippen LogP contribution in [0.2, 0.25) is 0 Å². The number of aromatic hydroxyl groups is 1. The second-order valence-corrected chi connectivity index (χ2v) is 6.86. The lowest BCUT2D eigenvalue weighted by Crippen LogP contribution is -2.07. The van der Waals surface area contributed by atoms with Crippen LogP contribution in [0.1, 0.15) is 18.2 Å². The van der Waals surface area contributed by atoms with Crippen LogP contribution >= 0.6 is 11.3 Å². The number of anilines is 1. The molecule has 0 saturated carbocycles. The number of esters is 1. The SMILES string of the molecule is CCOC(=O)Cc1csc(NN=Cc2cc(-c3ccc(OC)cc3)ccc2O)n1. The third-order valence-corrected chi connectivity index (χ3v) is 4.79. The molecule has 1 aromatic heterocycles. The summed E-state index contributed by atoms with van der Waals surface area (Å²) in [6.07, 6.45) is 1.65. The van der Waals surface area contributed by atoms with Crippen LogP contribution in [0.5, 0.6) is 11.5 Å². The van der Waals surface area contributed by atoms with Crippen molar-refractivity contribution in [2.45, 2.75) is 13.3 Å². The smallest absolute Gasteiger partial charge is 0.311 e. The Labute approximate surface area is 172 Å². The number of nitrogens with one attached hydrogen (secondary N) is 1. The standard InChI is InChI=1S/C21H21N3O4S/c1-3-28-20(26)11-17-13-29-21(23-17)24-22-12-16-10-15(6-9-19(16)25)14-4-7-18(27-2)8-5-14/h4-10,12-13,25H,3,11H2,1-2H3,(H,23,24). The van der Waals surface area contributed by atoms with Crippen molar-refractivity contribution >= 4 is 28.7 Å². The van der Waals surface area contributed by atoms with Gasteiger partial charge in [-0.15, -0.1) is 11.3 Å². The molecule has 1 heterocycles. The monoisotopic (exact) mass is 411 g/mol. The zero-order valence-electron chi connectivity index (χ0n) is 16.1. The summed E-state index contributed by atoms with van der Waals surface area (Å²) >= 11 is 1.33. The average molecular weight is 411 g/mol. The van der Waals surface area contributed by atoms with E-state index in [0.717, 1.165) is 16.9 Å². The highest BCUT2D eigenvalue weighted by molar-refractivity contribution is 7.13. The van der Waals surface area contributed by atoms with Gasteiger partial charge in [0.1, 0.15) is 11.5 Å². The Kier molecular flexibility index (Phi) is 6.80. The summed E-state index contributed by atoms with van der Waals surface area (Å²) in [5.74, 6) is 0.590. The maximum Gasteiger partial charge on any atom is 0.311 e. The van der Waals surface area contributed by atoms with E-state index in [0.29, 0.717) is 23.0 Å². The summed E-state index contributed by atoms with van der Waals surface area (Å²) in [7, 11) is 1.62. The van der Waals surface area contributed by atoms with Crippen molar-refractivity contribution in [1.29, 1.82) is 0 Å². The van der Waals surface area contributed by atoms with Crippen LogP contribution in [0.25, 0.3) is 11.1 Å². The molecule has 3 rings (SSSR count). The molecule has 0 saturated heterocycles. The van der Waals surface area contributed by atoms with E-state index in [1.165, 1.54) is 17.6 Å². The van der Waals surface area contributed by atoms with Crippen LogP contribution in [0.4, 0.5) is 5.13 Å². The molecule has 3 aromatic rings. The van der Waals surface area contributed by atoms with Gasteiger partial charge < -0.3 is 14.6 Å². The normalized spacial score (nSPS) is 10.8. The quantitative estimate of drug-likeness (QED) is 0.330. The number of benzene rings is 2. The minimum atomic E-state index is -0.312. The summed E-state index contributed by atoms with van der Waals surface area (Å²) in [4.78, 5) is 15.8. The number of hydrogen-bond acceptors (Lipinski definition) is 8. The Hall–Kier alpha value is -3.39. The number of methoxy groups -OCH3 is 1. The van der Waals surface area contributed by atoms with Gasteiger partial charge in [0.05, 0.1) is 32.0 Å². The van der Waals surface area contributed by atoms with Crippen LogP contribution in [-0.4, -0.2) is 36.0 Å². The number of carbonyl (C=O) groups excluding carboxylic acids is 1. The van der Waals surface area contributed by atoms with Gasteiger partial charge in [-0.3, -0.25) is 10.2 Å². The Morgan fingerprint density at radius 1 is 1.24 bits per heavy atom. The van der Waals surface area contributed by atoms with Crippen molar-refractivity contribution in [3.63, 3.8) is 0 Å². The Morgan fingerprint density at radius 2 is 2.00 bits per heavy atom. The third kappa shape index (κ3) is 5.55. The van der Waals surface area contributed by atoms with Crippen LogP contribution in [0, 0.1) is 0 Å². The molecule has 0 aliphatic carbocycles. The Morgan fingerprint density at radius 3 is 2.72 bits per heavy atom. The van der Waals surface area contributed by atoms with E-state index in [2.05, 4.69) is 15.5 Å². The molecule has 8 heteroatoms. The van der Waals surface area contributed by atoms with Gasteiger partial charge in [-0.05, 0) is 42.3 Å². The first-order valence-electron chi connectivity index (χ1n) is 8.95. The summed E-state index contributed by atoms with van der Waals surface area (Å²) < 4.78 is 10.1. The number of hydrazone groups is 1. The molecule has 2 aromatic carbocycles. The van der Waals surface area contributed by atoms with Gasteiger partial charge in [0.2, 0.25) is 5.13 Å². The second kappa shape index (κ2) is 9.70. The Balaban J connectivity index is 1.67. The third-order valence-electron chi connectivity index (χ3n) is 4.00. The Bertz CT molecular complexity index is 999. The molecule has 0 aliphatic heterocycles. The van der Waals surface area contributed by atoms with E-state index >= 15 is 0 Å². The van der Waals surface area contributed by atoms with Gasteiger partial charge in [0.15, 0.2) is 0 Å². The number of phenolic OH excluding ortho intramolecular Hbond substituents is 1. The molecule has 150 valence electrons. The molecule has 0 fully saturated rings. The van der Waals surface area contributed by atoms with Gasteiger partial charge >= 0.3 is 5.97 Å². The molecule has 0 radical (unpaired) electrons. The van der Waals surface area contributed by atoms with Crippen LogP contribution in [0.3, 0.4) is 0 Å². The summed E-state index contributed by atoms with van der Waals surface area (Å²) in [6.45, 7) is 2.11. The fraction of sp³-hybridized carbons (Fsp3) is 0.190. The highest BCUT2D eigenvalue weighted by Crippen LogP contribution is 2.26. The lowest BCUT2D eigenvalue weighted by molar-refractivity contribution is -0.142. The van der Waals surface area contributed by atoms with E-state index in [1.807, 2.05) is 36.4 Å². The van der Waals surface area contributed by atoms with Gasteiger partial charge in [-0.2, -0.15) is 5.10 Å². The van der Waals surface area contributed by atoms with Crippen molar-refractivity contribution in [2.75, 3.05) is 19.1 Å². The van der Waals surface area contributed by atoms with Gasteiger partial charge in [0.25, 0.3) is 0 Å². The lowest BCUT2D eigenvalue weighted by atomic mass is 10.0. The molecular formula is C21H21N3O4S. The first kappa shape index (κ1) is 20.3. The van der Waals surface area contributed by atoms with E-state index in [9.17, 15) is 9.90 Å². The number of aromatic nitrogens is 1. The second-order valence-electron chi connectivity index (χ2n) is 6.00. The summed E-state index contributed by atoms with van der Waals surface area (Å²) in [5.41, 5.74) is 5.94. The molecule has 2 N–H and O–H groups in total. The zero-order valence-corrected chi connectivity index (χ0v) is 16.9. The number of carbonyl (C=O) groups is 1. The number of rotatable bonds is 8. The molecule has 0 spiro atoms. The van der Waals surface area contributed by atoms with Crippen molar-refractivity contribution in [3.05, 3.63) is 59.1 Å². The average Bonchev–Trinajstić information content (AvgIpc) is 3.16. The molecule has 0 amide bonds. The molecule has 0 bridgehead atoms. The highest BCUT2D eigenvalue weighted by atomic mass is 32.1. The van der Waals surface area contributed by atoms with E-state index in [1.54, 1.807) is 25.5 Å². The van der Waals surface area contributed by atoms with Crippen LogP contribution in [-0.2, 0) is 16.0 Å². The molecular weight excluding hydrogens is 390 g/mol. The number of hydrogen-bond donors (Lipinski definition) is 2. The zero-order chi connectivity index (χ0) is 20.6.